The van der Waals surface area contributed by atoms with E-state index in [0.717, 1.165) is 5.56 Å². The van der Waals surface area contributed by atoms with E-state index < -0.39 is 23.9 Å². The number of carbonyl (C=O) groups is 2. The SMILES string of the molecule is NC(=O)[C@@H](CCCN=C(N)NN(O)O)NC(=O)[C@H](N)Cc1ccccc1. The third kappa shape index (κ3) is 8.39. The molecule has 11 nitrogen and oxygen atoms in total. The Morgan fingerprint density at radius 1 is 1.19 bits per heavy atom. The minimum Gasteiger partial charge on any atom is -0.369 e. The maximum atomic E-state index is 12.2. The van der Waals surface area contributed by atoms with E-state index in [9.17, 15) is 9.59 Å². The molecule has 2 amide bonds. The molecule has 1 rings (SSSR count). The second kappa shape index (κ2) is 11.0. The Labute approximate surface area is 150 Å². The Kier molecular flexibility index (Phi) is 9.01. The smallest absolute Gasteiger partial charge is 0.240 e. The first-order chi connectivity index (χ1) is 12.3. The van der Waals surface area contributed by atoms with Gasteiger partial charge in [0.25, 0.3) is 0 Å². The van der Waals surface area contributed by atoms with Gasteiger partial charge in [0.05, 0.1) is 6.04 Å². The summed E-state index contributed by atoms with van der Waals surface area (Å²) in [6.45, 7) is 0.183. The van der Waals surface area contributed by atoms with Gasteiger partial charge in [0.1, 0.15) is 6.04 Å². The molecule has 0 spiro atoms. The molecule has 0 aliphatic carbocycles. The highest BCUT2D eigenvalue weighted by Gasteiger charge is 2.21. The van der Waals surface area contributed by atoms with E-state index in [0.29, 0.717) is 12.8 Å². The number of hydrogen-bond donors (Lipinski definition) is 7. The number of nitrogens with two attached hydrogens (primary N) is 3. The van der Waals surface area contributed by atoms with Crippen LogP contribution in [0.15, 0.2) is 35.3 Å². The number of rotatable bonds is 10. The third-order valence-corrected chi connectivity index (χ3v) is 3.44. The predicted octanol–water partition coefficient (Wildman–Crippen LogP) is -1.79. The average molecular weight is 367 g/mol. The van der Waals surface area contributed by atoms with E-state index >= 15 is 0 Å². The van der Waals surface area contributed by atoms with E-state index in [-0.39, 0.29) is 24.3 Å². The molecule has 0 aliphatic heterocycles. The summed E-state index contributed by atoms with van der Waals surface area (Å²) in [5, 5.41) is 19.2. The highest BCUT2D eigenvalue weighted by molar-refractivity contribution is 5.89. The van der Waals surface area contributed by atoms with Crippen LogP contribution in [0.1, 0.15) is 18.4 Å². The van der Waals surface area contributed by atoms with Gasteiger partial charge in [0.2, 0.25) is 17.8 Å². The van der Waals surface area contributed by atoms with Crippen molar-refractivity contribution >= 4 is 17.8 Å². The Hall–Kier alpha value is -2.73. The summed E-state index contributed by atoms with van der Waals surface area (Å²) >= 11 is 0. The minimum atomic E-state index is -0.888. The second-order valence-electron chi connectivity index (χ2n) is 5.57. The fourth-order valence-corrected chi connectivity index (χ4v) is 2.16. The van der Waals surface area contributed by atoms with Gasteiger partial charge in [-0.3, -0.25) is 25.0 Å². The number of guanidine groups is 1. The maximum absolute atomic E-state index is 12.2. The minimum absolute atomic E-state index is 0.183. The quantitative estimate of drug-likeness (QED) is 0.109. The van der Waals surface area contributed by atoms with Crippen molar-refractivity contribution in [2.75, 3.05) is 6.54 Å². The van der Waals surface area contributed by atoms with Crippen LogP contribution in [0.4, 0.5) is 0 Å². The molecule has 0 heterocycles. The van der Waals surface area contributed by atoms with Crippen LogP contribution in [0.25, 0.3) is 0 Å². The number of carbonyl (C=O) groups excluding carboxylic acids is 2. The van der Waals surface area contributed by atoms with Crippen molar-refractivity contribution in [3.05, 3.63) is 35.9 Å². The first-order valence-corrected chi connectivity index (χ1v) is 7.93. The summed E-state index contributed by atoms with van der Waals surface area (Å²) in [6, 6.07) is 7.57. The molecule has 144 valence electrons. The van der Waals surface area contributed by atoms with Crippen LogP contribution in [0.3, 0.4) is 0 Å². The predicted molar refractivity (Wildman–Crippen MR) is 93.5 cm³/mol. The molecule has 10 N–H and O–H groups in total. The number of hydrogen-bond acceptors (Lipinski definition) is 7. The van der Waals surface area contributed by atoms with Crippen molar-refractivity contribution in [1.82, 2.24) is 16.1 Å². The van der Waals surface area contributed by atoms with Gasteiger partial charge >= 0.3 is 0 Å². The molecule has 0 saturated heterocycles. The van der Waals surface area contributed by atoms with Gasteiger partial charge in [-0.1, -0.05) is 30.3 Å². The number of aliphatic imine (C=N–C) groups is 1. The maximum Gasteiger partial charge on any atom is 0.240 e. The lowest BCUT2D eigenvalue weighted by Crippen LogP contribution is -2.51. The standard InChI is InChI=1S/C15H25N7O4/c16-11(9-10-5-2-1-3-6-10)14(24)20-12(13(17)23)7-4-8-19-15(18)21-22(25)26/h1-3,5-6,11-12,25-26H,4,7-9,16H2,(H2,17,23)(H,20,24)(H3,18,19,21)/t11-,12-/m1/s1. The van der Waals surface area contributed by atoms with Crippen molar-refractivity contribution in [2.24, 2.45) is 22.2 Å². The van der Waals surface area contributed by atoms with Crippen LogP contribution in [-0.2, 0) is 16.0 Å². The summed E-state index contributed by atoms with van der Waals surface area (Å²) in [4.78, 5) is 27.5. The Morgan fingerprint density at radius 2 is 1.85 bits per heavy atom. The van der Waals surface area contributed by atoms with E-state index in [1.54, 1.807) is 0 Å². The topological polar surface area (TPSA) is 192 Å². The summed E-state index contributed by atoms with van der Waals surface area (Å²) in [5.41, 5.74) is 19.4. The number of primary amides is 1. The Balaban J connectivity index is 2.46. The molecule has 1 aromatic carbocycles. The van der Waals surface area contributed by atoms with Gasteiger partial charge in [-0.25, -0.2) is 5.43 Å². The van der Waals surface area contributed by atoms with E-state index in [4.69, 9.17) is 27.6 Å². The number of nitrogens with zero attached hydrogens (tertiary/aromatic N) is 2. The van der Waals surface area contributed by atoms with Crippen molar-refractivity contribution in [3.63, 3.8) is 0 Å². The summed E-state index contributed by atoms with van der Waals surface area (Å²) < 4.78 is 0. The van der Waals surface area contributed by atoms with Crippen LogP contribution < -0.4 is 27.9 Å². The lowest BCUT2D eigenvalue weighted by atomic mass is 10.0. The largest absolute Gasteiger partial charge is 0.369 e. The van der Waals surface area contributed by atoms with Gasteiger partial charge in [-0.05, 0) is 24.8 Å². The van der Waals surface area contributed by atoms with Gasteiger partial charge in [-0.15, -0.1) is 0 Å². The third-order valence-electron chi connectivity index (χ3n) is 3.44. The van der Waals surface area contributed by atoms with Crippen LogP contribution in [0.2, 0.25) is 0 Å². The summed E-state index contributed by atoms with van der Waals surface area (Å²) in [7, 11) is 0. The molecule has 26 heavy (non-hydrogen) atoms. The monoisotopic (exact) mass is 367 g/mol. The van der Waals surface area contributed by atoms with Gasteiger partial charge in [-0.2, -0.15) is 0 Å². The first kappa shape index (κ1) is 21.3. The summed E-state index contributed by atoms with van der Waals surface area (Å²) in [6.07, 6.45) is 0.947. The van der Waals surface area contributed by atoms with Crippen LogP contribution in [-0.4, -0.2) is 52.2 Å². The number of hydrazine groups is 1. The zero-order chi connectivity index (χ0) is 19.5. The van der Waals surface area contributed by atoms with Crippen molar-refractivity contribution in [1.29, 1.82) is 0 Å². The van der Waals surface area contributed by atoms with E-state index in [1.807, 2.05) is 35.8 Å². The molecule has 0 saturated carbocycles. The lowest BCUT2D eigenvalue weighted by molar-refractivity contribution is -0.329. The Morgan fingerprint density at radius 3 is 2.42 bits per heavy atom. The van der Waals surface area contributed by atoms with Crippen LogP contribution in [0.5, 0.6) is 0 Å². The normalized spacial score (nSPS) is 13.9. The van der Waals surface area contributed by atoms with Gasteiger partial charge < -0.3 is 22.5 Å². The Bertz CT molecular complexity index is 609. The number of benzene rings is 1. The van der Waals surface area contributed by atoms with Crippen LogP contribution in [0, 0.1) is 0 Å². The fourth-order valence-electron chi connectivity index (χ4n) is 2.16. The molecule has 0 bridgehead atoms. The average Bonchev–Trinajstić information content (AvgIpc) is 2.57. The van der Waals surface area contributed by atoms with Gasteiger partial charge in [0.15, 0.2) is 0 Å². The van der Waals surface area contributed by atoms with E-state index in [2.05, 4.69) is 10.3 Å². The van der Waals surface area contributed by atoms with Crippen molar-refractivity contribution in [2.45, 2.75) is 31.3 Å². The first-order valence-electron chi connectivity index (χ1n) is 7.93. The molecular formula is C15H25N7O4. The lowest BCUT2D eigenvalue weighted by Gasteiger charge is -2.18. The molecule has 1 aromatic rings. The van der Waals surface area contributed by atoms with Crippen molar-refractivity contribution < 1.29 is 20.0 Å². The molecule has 0 aromatic heterocycles. The zero-order valence-corrected chi connectivity index (χ0v) is 14.2. The second-order valence-corrected chi connectivity index (χ2v) is 5.57. The zero-order valence-electron chi connectivity index (χ0n) is 14.2. The van der Waals surface area contributed by atoms with E-state index in [1.165, 1.54) is 0 Å². The summed E-state index contributed by atoms with van der Waals surface area (Å²) in [5.74, 6) is -1.38. The highest BCUT2D eigenvalue weighted by Crippen LogP contribution is 2.03. The number of nitrogens with one attached hydrogen (secondary N) is 2. The molecule has 0 radical (unpaired) electrons. The number of amides is 2. The molecule has 0 fully saturated rings. The molecule has 11 heteroatoms. The highest BCUT2D eigenvalue weighted by atomic mass is 16.8. The van der Waals surface area contributed by atoms with Crippen LogP contribution >= 0.6 is 0 Å². The van der Waals surface area contributed by atoms with Gasteiger partial charge in [0, 0.05) is 11.9 Å². The molecule has 0 unspecified atom stereocenters. The molecular weight excluding hydrogens is 342 g/mol. The fraction of sp³-hybridized carbons (Fsp3) is 0.400. The molecule has 0 aliphatic rings. The van der Waals surface area contributed by atoms with Crippen molar-refractivity contribution in [3.8, 4) is 0 Å². The molecule has 2 atom stereocenters.